The molecule has 1 saturated carbocycles. The van der Waals surface area contributed by atoms with Crippen molar-refractivity contribution in [1.82, 2.24) is 9.97 Å². The predicted octanol–water partition coefficient (Wildman–Crippen LogP) is 2.99. The van der Waals surface area contributed by atoms with Crippen molar-refractivity contribution < 1.29 is 0 Å². The van der Waals surface area contributed by atoms with Crippen molar-refractivity contribution >= 4 is 5.82 Å². The van der Waals surface area contributed by atoms with Gasteiger partial charge in [-0.1, -0.05) is 30.3 Å². The molecule has 0 saturated heterocycles. The van der Waals surface area contributed by atoms with Crippen LogP contribution in [0.4, 0.5) is 5.82 Å². The Morgan fingerprint density at radius 1 is 1.17 bits per heavy atom. The quantitative estimate of drug-likeness (QED) is 0.891. The molecular formula is C15H17N3. The van der Waals surface area contributed by atoms with E-state index in [-0.39, 0.29) is 0 Å². The van der Waals surface area contributed by atoms with Crippen LogP contribution in [-0.2, 0) is 6.42 Å². The molecule has 0 radical (unpaired) electrons. The summed E-state index contributed by atoms with van der Waals surface area (Å²) < 4.78 is 0. The van der Waals surface area contributed by atoms with Gasteiger partial charge in [0.1, 0.15) is 11.6 Å². The molecule has 0 spiro atoms. The van der Waals surface area contributed by atoms with Crippen molar-refractivity contribution in [3.8, 4) is 0 Å². The first-order chi connectivity index (χ1) is 8.85. The molecule has 1 aromatic heterocycles. The fourth-order valence-corrected chi connectivity index (χ4v) is 2.09. The van der Waals surface area contributed by atoms with Gasteiger partial charge in [-0.15, -0.1) is 0 Å². The van der Waals surface area contributed by atoms with E-state index in [2.05, 4.69) is 45.6 Å². The number of nitrogens with zero attached hydrogens (tertiary/aromatic N) is 2. The molecule has 1 heterocycles. The lowest BCUT2D eigenvalue weighted by Crippen LogP contribution is -2.03. The van der Waals surface area contributed by atoms with Crippen molar-refractivity contribution in [2.75, 3.05) is 12.4 Å². The molecule has 1 aromatic carbocycles. The van der Waals surface area contributed by atoms with Gasteiger partial charge in [0.15, 0.2) is 0 Å². The molecule has 1 fully saturated rings. The summed E-state index contributed by atoms with van der Waals surface area (Å²) in [5.74, 6) is 2.50. The molecule has 1 aliphatic carbocycles. The zero-order valence-electron chi connectivity index (χ0n) is 10.6. The number of anilines is 1. The molecular weight excluding hydrogens is 222 g/mol. The highest BCUT2D eigenvalue weighted by atomic mass is 15.0. The Morgan fingerprint density at radius 3 is 2.61 bits per heavy atom. The summed E-state index contributed by atoms with van der Waals surface area (Å²) in [6, 6.07) is 12.5. The average molecular weight is 239 g/mol. The third kappa shape index (κ3) is 2.50. The maximum absolute atomic E-state index is 4.69. The van der Waals surface area contributed by atoms with Crippen LogP contribution in [0.2, 0.25) is 0 Å². The van der Waals surface area contributed by atoms with Crippen LogP contribution in [0.3, 0.4) is 0 Å². The Morgan fingerprint density at radius 2 is 1.94 bits per heavy atom. The van der Waals surface area contributed by atoms with Crippen LogP contribution in [-0.4, -0.2) is 17.0 Å². The molecule has 18 heavy (non-hydrogen) atoms. The van der Waals surface area contributed by atoms with E-state index < -0.39 is 0 Å². The van der Waals surface area contributed by atoms with E-state index in [1.54, 1.807) is 0 Å². The molecule has 0 amide bonds. The maximum atomic E-state index is 4.69. The molecule has 3 rings (SSSR count). The van der Waals surface area contributed by atoms with Gasteiger partial charge >= 0.3 is 0 Å². The van der Waals surface area contributed by atoms with Crippen molar-refractivity contribution in [2.45, 2.75) is 25.2 Å². The van der Waals surface area contributed by atoms with Crippen LogP contribution >= 0.6 is 0 Å². The highest BCUT2D eigenvalue weighted by molar-refractivity contribution is 5.38. The minimum atomic E-state index is 0.662. The zero-order valence-corrected chi connectivity index (χ0v) is 10.6. The maximum Gasteiger partial charge on any atom is 0.135 e. The van der Waals surface area contributed by atoms with E-state index in [0.717, 1.165) is 18.1 Å². The van der Waals surface area contributed by atoms with Gasteiger partial charge in [-0.2, -0.15) is 0 Å². The highest BCUT2D eigenvalue weighted by Gasteiger charge is 2.26. The van der Waals surface area contributed by atoms with Gasteiger partial charge in [-0.25, -0.2) is 9.97 Å². The van der Waals surface area contributed by atoms with E-state index in [9.17, 15) is 0 Å². The third-order valence-corrected chi connectivity index (χ3v) is 3.25. The first-order valence-electron chi connectivity index (χ1n) is 6.44. The predicted molar refractivity (Wildman–Crippen MR) is 72.8 cm³/mol. The van der Waals surface area contributed by atoms with Gasteiger partial charge in [0.2, 0.25) is 0 Å². The lowest BCUT2D eigenvalue weighted by atomic mass is 10.1. The van der Waals surface area contributed by atoms with Crippen molar-refractivity contribution in [3.05, 3.63) is 53.5 Å². The van der Waals surface area contributed by atoms with Crippen LogP contribution in [0.1, 0.15) is 35.8 Å². The standard InChI is InChI=1S/C15H17N3/c1-16-14-10-13(12-7-8-12)17-15(18-14)9-11-5-3-2-4-6-11/h2-6,10,12H,7-9H2,1H3,(H,16,17,18). The van der Waals surface area contributed by atoms with Crippen LogP contribution in [0.5, 0.6) is 0 Å². The Kier molecular flexibility index (Phi) is 2.97. The van der Waals surface area contributed by atoms with Crippen LogP contribution in [0.25, 0.3) is 0 Å². The fraction of sp³-hybridized carbons (Fsp3) is 0.333. The molecule has 3 nitrogen and oxygen atoms in total. The van der Waals surface area contributed by atoms with E-state index in [4.69, 9.17) is 0 Å². The summed E-state index contributed by atoms with van der Waals surface area (Å²) in [5.41, 5.74) is 2.45. The molecule has 1 N–H and O–H groups in total. The summed E-state index contributed by atoms with van der Waals surface area (Å²) >= 11 is 0. The number of rotatable bonds is 4. The monoisotopic (exact) mass is 239 g/mol. The molecule has 92 valence electrons. The minimum absolute atomic E-state index is 0.662. The number of hydrogen-bond donors (Lipinski definition) is 1. The zero-order chi connectivity index (χ0) is 12.4. The second-order valence-corrected chi connectivity index (χ2v) is 4.78. The lowest BCUT2D eigenvalue weighted by Gasteiger charge is -2.07. The topological polar surface area (TPSA) is 37.8 Å². The molecule has 0 bridgehead atoms. The average Bonchev–Trinajstić information content (AvgIpc) is 3.24. The Balaban J connectivity index is 1.88. The van der Waals surface area contributed by atoms with Gasteiger partial charge in [0.05, 0.1) is 0 Å². The SMILES string of the molecule is CNc1cc(C2CC2)nc(Cc2ccccc2)n1. The van der Waals surface area contributed by atoms with Gasteiger partial charge < -0.3 is 5.32 Å². The number of nitrogens with one attached hydrogen (secondary N) is 1. The highest BCUT2D eigenvalue weighted by Crippen LogP contribution is 2.39. The normalized spacial score (nSPS) is 14.5. The van der Waals surface area contributed by atoms with Crippen molar-refractivity contribution in [3.63, 3.8) is 0 Å². The van der Waals surface area contributed by atoms with Gasteiger partial charge in [-0.05, 0) is 18.4 Å². The summed E-state index contributed by atoms with van der Waals surface area (Å²) in [4.78, 5) is 9.22. The van der Waals surface area contributed by atoms with Crippen LogP contribution < -0.4 is 5.32 Å². The first kappa shape index (κ1) is 11.2. The Hall–Kier alpha value is -1.90. The Bertz CT molecular complexity index is 533. The second kappa shape index (κ2) is 4.77. The largest absolute Gasteiger partial charge is 0.373 e. The number of aromatic nitrogens is 2. The molecule has 1 aliphatic rings. The van der Waals surface area contributed by atoms with Crippen molar-refractivity contribution in [1.29, 1.82) is 0 Å². The summed E-state index contributed by atoms with van der Waals surface area (Å²) in [7, 11) is 1.91. The number of hydrogen-bond acceptors (Lipinski definition) is 3. The van der Waals surface area contributed by atoms with E-state index in [0.29, 0.717) is 5.92 Å². The number of benzene rings is 1. The fourth-order valence-electron chi connectivity index (χ4n) is 2.09. The smallest absolute Gasteiger partial charge is 0.135 e. The van der Waals surface area contributed by atoms with Gasteiger partial charge in [-0.3, -0.25) is 0 Å². The van der Waals surface area contributed by atoms with Crippen molar-refractivity contribution in [2.24, 2.45) is 0 Å². The van der Waals surface area contributed by atoms with Crippen LogP contribution in [0.15, 0.2) is 36.4 Å². The first-order valence-corrected chi connectivity index (χ1v) is 6.44. The third-order valence-electron chi connectivity index (χ3n) is 3.25. The summed E-state index contributed by atoms with van der Waals surface area (Å²) in [6.07, 6.45) is 3.34. The molecule has 3 heteroatoms. The summed E-state index contributed by atoms with van der Waals surface area (Å²) in [5, 5.41) is 3.13. The van der Waals surface area contributed by atoms with E-state index in [1.807, 2.05) is 13.1 Å². The van der Waals surface area contributed by atoms with E-state index >= 15 is 0 Å². The van der Waals surface area contributed by atoms with Gasteiger partial charge in [0.25, 0.3) is 0 Å². The Labute approximate surface area is 107 Å². The van der Waals surface area contributed by atoms with Crippen LogP contribution in [0, 0.1) is 0 Å². The molecule has 2 aromatic rings. The summed E-state index contributed by atoms with van der Waals surface area (Å²) in [6.45, 7) is 0. The van der Waals surface area contributed by atoms with Gasteiger partial charge in [0, 0.05) is 31.1 Å². The molecule has 0 atom stereocenters. The molecule has 0 unspecified atom stereocenters. The van der Waals surface area contributed by atoms with E-state index in [1.165, 1.54) is 24.1 Å². The second-order valence-electron chi connectivity index (χ2n) is 4.78. The lowest BCUT2D eigenvalue weighted by molar-refractivity contribution is 0.901. The minimum Gasteiger partial charge on any atom is -0.373 e. The molecule has 0 aliphatic heterocycles.